The van der Waals surface area contributed by atoms with Gasteiger partial charge in [-0.15, -0.1) is 0 Å². The topological polar surface area (TPSA) is 17.1 Å². The Kier molecular flexibility index (Phi) is 4.11. The molecule has 0 aliphatic heterocycles. The molecule has 2 heteroatoms. The van der Waals surface area contributed by atoms with Crippen molar-refractivity contribution in [2.75, 3.05) is 0 Å². The maximum atomic E-state index is 12.2. The lowest BCUT2D eigenvalue weighted by Gasteiger charge is -1.92. The van der Waals surface area contributed by atoms with Crippen molar-refractivity contribution in [3.63, 3.8) is 0 Å². The van der Waals surface area contributed by atoms with E-state index in [9.17, 15) is 9.18 Å². The Hall–Kier alpha value is -1.18. The smallest absolute Gasteiger partial charge is 0.159 e. The van der Waals surface area contributed by atoms with Crippen LogP contribution in [0.25, 0.3) is 0 Å². The maximum absolute atomic E-state index is 12.2. The molecule has 0 unspecified atom stereocenters. The molecule has 0 N–H and O–H groups in total. The predicted octanol–water partition coefficient (Wildman–Crippen LogP) is 2.56. The molecule has 0 rings (SSSR count). The van der Waals surface area contributed by atoms with Gasteiger partial charge in [-0.1, -0.05) is 18.7 Å². The van der Waals surface area contributed by atoms with Gasteiger partial charge < -0.3 is 0 Å². The fourth-order valence-corrected chi connectivity index (χ4v) is 0.615. The van der Waals surface area contributed by atoms with E-state index in [1.807, 2.05) is 0 Å². The second kappa shape index (κ2) is 4.61. The molecular weight excluding hydrogens is 143 g/mol. The van der Waals surface area contributed by atoms with Gasteiger partial charge in [-0.05, 0) is 19.9 Å². The molecule has 0 spiro atoms. The summed E-state index contributed by atoms with van der Waals surface area (Å²) in [6.45, 7) is 6.18. The Morgan fingerprint density at radius 2 is 2.09 bits per heavy atom. The highest BCUT2D eigenvalue weighted by Crippen LogP contribution is 2.04. The van der Waals surface area contributed by atoms with E-state index >= 15 is 0 Å². The molecule has 0 aromatic heterocycles. The molecule has 0 fully saturated rings. The summed E-state index contributed by atoms with van der Waals surface area (Å²) in [7, 11) is 0. The van der Waals surface area contributed by atoms with E-state index in [0.29, 0.717) is 5.57 Å². The number of carbonyl (C=O) groups excluding carboxylic acids is 1. The third-order valence-electron chi connectivity index (χ3n) is 1.06. The van der Waals surface area contributed by atoms with E-state index in [4.69, 9.17) is 0 Å². The first-order valence-corrected chi connectivity index (χ1v) is 3.27. The van der Waals surface area contributed by atoms with Crippen LogP contribution in [0, 0.1) is 0 Å². The number of halogens is 1. The minimum absolute atomic E-state index is 0.165. The van der Waals surface area contributed by atoms with E-state index in [1.165, 1.54) is 6.92 Å². The molecule has 0 radical (unpaired) electrons. The molecule has 11 heavy (non-hydrogen) atoms. The Morgan fingerprint density at radius 1 is 1.55 bits per heavy atom. The zero-order chi connectivity index (χ0) is 8.85. The zero-order valence-electron chi connectivity index (χ0n) is 6.73. The number of hydrogen-bond donors (Lipinski definition) is 0. The van der Waals surface area contributed by atoms with Gasteiger partial charge in [0.25, 0.3) is 0 Å². The minimum atomic E-state index is -0.603. The number of Topliss-reactive ketones (excluding diaryl/α,β-unsaturated/α-hetero) is 1. The van der Waals surface area contributed by atoms with Crippen molar-refractivity contribution in [1.82, 2.24) is 0 Å². The van der Waals surface area contributed by atoms with Crippen molar-refractivity contribution < 1.29 is 9.18 Å². The summed E-state index contributed by atoms with van der Waals surface area (Å²) in [6, 6.07) is 0. The van der Waals surface area contributed by atoms with E-state index in [1.54, 1.807) is 19.1 Å². The van der Waals surface area contributed by atoms with Crippen LogP contribution in [0.3, 0.4) is 0 Å². The monoisotopic (exact) mass is 154 g/mol. The molecule has 0 atom stereocenters. The SMILES string of the molecule is C=C(F)/C=C(\C=C/C)C(C)=O. The van der Waals surface area contributed by atoms with Gasteiger partial charge in [0.2, 0.25) is 0 Å². The second-order valence-electron chi connectivity index (χ2n) is 2.10. The first-order valence-electron chi connectivity index (χ1n) is 3.27. The van der Waals surface area contributed by atoms with Gasteiger partial charge >= 0.3 is 0 Å². The van der Waals surface area contributed by atoms with Gasteiger partial charge in [-0.3, -0.25) is 4.79 Å². The highest BCUT2D eigenvalue weighted by Gasteiger charge is 1.98. The molecule has 0 aromatic rings. The largest absolute Gasteiger partial charge is 0.295 e. The summed E-state index contributed by atoms with van der Waals surface area (Å²) in [5.74, 6) is -0.768. The van der Waals surface area contributed by atoms with Crippen molar-refractivity contribution in [2.45, 2.75) is 13.8 Å². The van der Waals surface area contributed by atoms with Gasteiger partial charge in [0.15, 0.2) is 5.78 Å². The van der Waals surface area contributed by atoms with Crippen LogP contribution in [0.2, 0.25) is 0 Å². The molecule has 0 aromatic carbocycles. The highest BCUT2D eigenvalue weighted by molar-refractivity contribution is 5.96. The van der Waals surface area contributed by atoms with E-state index in [-0.39, 0.29) is 5.78 Å². The van der Waals surface area contributed by atoms with Gasteiger partial charge in [0, 0.05) is 5.57 Å². The Labute approximate surface area is 65.9 Å². The molecule has 0 heterocycles. The standard InChI is InChI=1S/C9H11FO/c1-4-5-9(8(3)11)6-7(2)10/h4-6H,2H2,1,3H3/b5-4-,9-6+. The summed E-state index contributed by atoms with van der Waals surface area (Å²) in [6.07, 6.45) is 4.34. The Morgan fingerprint density at radius 3 is 2.36 bits per heavy atom. The number of ketones is 1. The van der Waals surface area contributed by atoms with Crippen LogP contribution in [0.15, 0.2) is 36.2 Å². The fourth-order valence-electron chi connectivity index (χ4n) is 0.615. The van der Waals surface area contributed by atoms with Crippen molar-refractivity contribution in [3.05, 3.63) is 36.2 Å². The second-order valence-corrected chi connectivity index (χ2v) is 2.10. The predicted molar refractivity (Wildman–Crippen MR) is 43.8 cm³/mol. The lowest BCUT2D eigenvalue weighted by molar-refractivity contribution is -0.113. The summed E-state index contributed by atoms with van der Waals surface area (Å²) < 4.78 is 12.2. The molecule has 0 bridgehead atoms. The lowest BCUT2D eigenvalue weighted by atomic mass is 10.1. The van der Waals surface area contributed by atoms with E-state index < -0.39 is 5.83 Å². The Balaban J connectivity index is 4.59. The number of hydrogen-bond acceptors (Lipinski definition) is 1. The molecular formula is C9H11FO. The normalized spacial score (nSPS) is 12.1. The molecule has 1 nitrogen and oxygen atoms in total. The van der Waals surface area contributed by atoms with Crippen LogP contribution in [0.4, 0.5) is 4.39 Å². The first kappa shape index (κ1) is 9.82. The zero-order valence-corrected chi connectivity index (χ0v) is 6.73. The number of rotatable bonds is 3. The van der Waals surface area contributed by atoms with E-state index in [2.05, 4.69) is 6.58 Å². The molecule has 0 saturated heterocycles. The third-order valence-corrected chi connectivity index (χ3v) is 1.06. The number of allylic oxidation sites excluding steroid dienone is 5. The average Bonchev–Trinajstić information content (AvgIpc) is 1.86. The van der Waals surface area contributed by atoms with Gasteiger partial charge in [-0.25, -0.2) is 4.39 Å². The van der Waals surface area contributed by atoms with Crippen LogP contribution >= 0.6 is 0 Å². The third kappa shape index (κ3) is 4.25. The van der Waals surface area contributed by atoms with Crippen molar-refractivity contribution in [1.29, 1.82) is 0 Å². The summed E-state index contributed by atoms with van der Waals surface area (Å²) in [5, 5.41) is 0. The minimum Gasteiger partial charge on any atom is -0.295 e. The van der Waals surface area contributed by atoms with Crippen LogP contribution in [-0.2, 0) is 4.79 Å². The molecule has 60 valence electrons. The molecule has 0 amide bonds. The fraction of sp³-hybridized carbons (Fsp3) is 0.222. The summed E-state index contributed by atoms with van der Waals surface area (Å²) in [4.78, 5) is 10.7. The van der Waals surface area contributed by atoms with Crippen LogP contribution in [0.1, 0.15) is 13.8 Å². The van der Waals surface area contributed by atoms with E-state index in [0.717, 1.165) is 6.08 Å². The number of carbonyl (C=O) groups is 1. The molecule has 0 aliphatic rings. The average molecular weight is 154 g/mol. The lowest BCUT2D eigenvalue weighted by Crippen LogP contribution is -1.92. The molecule has 0 saturated carbocycles. The van der Waals surface area contributed by atoms with Crippen molar-refractivity contribution in [2.24, 2.45) is 0 Å². The highest BCUT2D eigenvalue weighted by atomic mass is 19.1. The van der Waals surface area contributed by atoms with Crippen molar-refractivity contribution >= 4 is 5.78 Å². The van der Waals surface area contributed by atoms with Crippen LogP contribution in [-0.4, -0.2) is 5.78 Å². The van der Waals surface area contributed by atoms with Crippen molar-refractivity contribution in [3.8, 4) is 0 Å². The Bertz CT molecular complexity index is 224. The summed E-state index contributed by atoms with van der Waals surface area (Å²) in [5.41, 5.74) is 0.333. The van der Waals surface area contributed by atoms with Gasteiger partial charge in [0.1, 0.15) is 5.83 Å². The quantitative estimate of drug-likeness (QED) is 0.451. The van der Waals surface area contributed by atoms with Crippen LogP contribution < -0.4 is 0 Å². The summed E-state index contributed by atoms with van der Waals surface area (Å²) >= 11 is 0. The first-order chi connectivity index (χ1) is 5.07. The van der Waals surface area contributed by atoms with Crippen LogP contribution in [0.5, 0.6) is 0 Å². The van der Waals surface area contributed by atoms with Gasteiger partial charge in [0.05, 0.1) is 0 Å². The maximum Gasteiger partial charge on any atom is 0.159 e. The molecule has 0 aliphatic carbocycles. The van der Waals surface area contributed by atoms with Gasteiger partial charge in [-0.2, -0.15) is 0 Å².